The maximum atomic E-state index is 13.4. The zero-order valence-corrected chi connectivity index (χ0v) is 18.0. The summed E-state index contributed by atoms with van der Waals surface area (Å²) in [5, 5.41) is 20.7. The lowest BCUT2D eigenvalue weighted by molar-refractivity contribution is 0.0698. The number of rotatable bonds is 5. The van der Waals surface area contributed by atoms with Crippen LogP contribution in [-0.4, -0.2) is 30.1 Å². The molecule has 0 fully saturated rings. The second-order valence-corrected chi connectivity index (χ2v) is 8.65. The third-order valence-corrected chi connectivity index (χ3v) is 6.02. The van der Waals surface area contributed by atoms with Crippen LogP contribution in [0.4, 0.5) is 0 Å². The minimum Gasteiger partial charge on any atom is -0.506 e. The van der Waals surface area contributed by atoms with Crippen molar-refractivity contribution in [1.82, 2.24) is 13.9 Å². The van der Waals surface area contributed by atoms with Gasteiger partial charge in [-0.3, -0.25) is 18.8 Å². The van der Waals surface area contributed by atoms with Crippen LogP contribution in [0.1, 0.15) is 30.6 Å². The summed E-state index contributed by atoms with van der Waals surface area (Å²) in [6.45, 7) is 4.31. The van der Waals surface area contributed by atoms with Crippen molar-refractivity contribution in [3.63, 3.8) is 0 Å². The van der Waals surface area contributed by atoms with E-state index < -0.39 is 28.1 Å². The topological polar surface area (TPSA) is 142 Å². The Morgan fingerprint density at radius 1 is 1.19 bits per heavy atom. The molecule has 1 aromatic carbocycles. The first-order chi connectivity index (χ1) is 15.2. The first-order valence-corrected chi connectivity index (χ1v) is 10.7. The Morgan fingerprint density at radius 3 is 2.59 bits per heavy atom. The molecular formula is C22H19N3O6S. The van der Waals surface area contributed by atoms with E-state index in [0.29, 0.717) is 23.4 Å². The van der Waals surface area contributed by atoms with Crippen molar-refractivity contribution in [3.8, 4) is 27.7 Å². The largest absolute Gasteiger partial charge is 0.506 e. The van der Waals surface area contributed by atoms with Gasteiger partial charge >= 0.3 is 5.97 Å². The molecule has 0 saturated heterocycles. The molecule has 0 spiro atoms. The number of aromatic carboxylic acids is 1. The molecule has 3 N–H and O–H groups in total. The number of aromatic hydroxyl groups is 1. The highest BCUT2D eigenvalue weighted by Crippen LogP contribution is 2.35. The van der Waals surface area contributed by atoms with E-state index in [1.807, 2.05) is 13.8 Å². The molecule has 0 unspecified atom stereocenters. The molecule has 10 heteroatoms. The molecule has 0 saturated carbocycles. The number of carbonyl (C=O) groups is 1. The molecular weight excluding hydrogens is 434 g/mol. The van der Waals surface area contributed by atoms with Crippen molar-refractivity contribution in [1.29, 1.82) is 0 Å². The van der Waals surface area contributed by atoms with Crippen LogP contribution in [0.5, 0.6) is 5.75 Å². The summed E-state index contributed by atoms with van der Waals surface area (Å²) in [5.41, 5.74) is -1.82. The number of pyridine rings is 1. The van der Waals surface area contributed by atoms with Gasteiger partial charge in [0.1, 0.15) is 11.3 Å². The van der Waals surface area contributed by atoms with Gasteiger partial charge < -0.3 is 14.8 Å². The number of H-pyrrole nitrogens is 1. The van der Waals surface area contributed by atoms with E-state index in [-0.39, 0.29) is 33.9 Å². The van der Waals surface area contributed by atoms with Gasteiger partial charge in [0.05, 0.1) is 27.0 Å². The summed E-state index contributed by atoms with van der Waals surface area (Å²) in [4.78, 5) is 53.4. The Balaban J connectivity index is 2.09. The Kier molecular flexibility index (Phi) is 5.39. The van der Waals surface area contributed by atoms with E-state index in [9.17, 15) is 29.4 Å². The molecule has 1 aliphatic heterocycles. The molecule has 0 amide bonds. The first kappa shape index (κ1) is 21.4. The molecule has 0 bridgehead atoms. The number of nitrogens with zero attached hydrogens (tertiary/aromatic N) is 2. The van der Waals surface area contributed by atoms with Crippen LogP contribution in [0.25, 0.3) is 32.9 Å². The van der Waals surface area contributed by atoms with Gasteiger partial charge in [0.25, 0.3) is 5.56 Å². The summed E-state index contributed by atoms with van der Waals surface area (Å²) in [5.74, 6) is -1.50. The number of aromatic nitrogens is 3. The van der Waals surface area contributed by atoms with Crippen molar-refractivity contribution in [2.24, 2.45) is 5.92 Å². The third-order valence-electron chi connectivity index (χ3n) is 5.18. The quantitative estimate of drug-likeness (QED) is 0.394. The number of nitrogens with one attached hydrogen (secondary N) is 1. The smallest absolute Gasteiger partial charge is 0.336 e. The van der Waals surface area contributed by atoms with E-state index in [2.05, 4.69) is 9.36 Å². The van der Waals surface area contributed by atoms with Crippen LogP contribution in [0.2, 0.25) is 0 Å². The van der Waals surface area contributed by atoms with E-state index in [0.717, 1.165) is 23.7 Å². The molecule has 4 rings (SSSR count). The second kappa shape index (κ2) is 8.04. The SMILES string of the molecule is CC(C)CCn1c(=O)c(-c2nc3cc(=O)c(=O)cc-3s[nH]2)c(O)c2c(C(=O)O)cccc21. The van der Waals surface area contributed by atoms with Gasteiger partial charge in [0, 0.05) is 18.7 Å². The van der Waals surface area contributed by atoms with Crippen LogP contribution in [0.15, 0.2) is 44.7 Å². The molecule has 9 nitrogen and oxygen atoms in total. The van der Waals surface area contributed by atoms with Crippen molar-refractivity contribution in [3.05, 3.63) is 66.7 Å². The fraction of sp³-hybridized carbons (Fsp3) is 0.227. The maximum absolute atomic E-state index is 13.4. The van der Waals surface area contributed by atoms with Gasteiger partial charge in [-0.1, -0.05) is 31.4 Å². The van der Waals surface area contributed by atoms with Crippen LogP contribution in [0.3, 0.4) is 0 Å². The second-order valence-electron chi connectivity index (χ2n) is 7.80. The maximum Gasteiger partial charge on any atom is 0.336 e. The van der Waals surface area contributed by atoms with Gasteiger partial charge in [-0.15, -0.1) is 0 Å². The highest BCUT2D eigenvalue weighted by molar-refractivity contribution is 7.09. The Hall–Kier alpha value is -3.79. The Labute approximate surface area is 184 Å². The fourth-order valence-corrected chi connectivity index (χ4v) is 4.27. The Bertz CT molecular complexity index is 1520. The number of benzene rings is 2. The highest BCUT2D eigenvalue weighted by Gasteiger charge is 2.24. The lowest BCUT2D eigenvalue weighted by Crippen LogP contribution is -2.25. The lowest BCUT2D eigenvalue weighted by atomic mass is 10.0. The predicted molar refractivity (Wildman–Crippen MR) is 121 cm³/mol. The average molecular weight is 453 g/mol. The van der Waals surface area contributed by atoms with Crippen molar-refractivity contribution >= 4 is 28.4 Å². The zero-order valence-electron chi connectivity index (χ0n) is 17.2. The molecule has 0 atom stereocenters. The van der Waals surface area contributed by atoms with Crippen LogP contribution in [0, 0.1) is 5.92 Å². The van der Waals surface area contributed by atoms with Crippen molar-refractivity contribution in [2.45, 2.75) is 26.8 Å². The zero-order chi connectivity index (χ0) is 23.2. The summed E-state index contributed by atoms with van der Waals surface area (Å²) in [6.07, 6.45) is 0.653. The van der Waals surface area contributed by atoms with E-state index >= 15 is 0 Å². The fourth-order valence-electron chi connectivity index (χ4n) is 3.54. The predicted octanol–water partition coefficient (Wildman–Crippen LogP) is 2.73. The monoisotopic (exact) mass is 453 g/mol. The van der Waals surface area contributed by atoms with Crippen LogP contribution < -0.4 is 16.4 Å². The molecule has 1 aliphatic carbocycles. The number of hydrogen-bond donors (Lipinski definition) is 3. The summed E-state index contributed by atoms with van der Waals surface area (Å²) in [7, 11) is 0. The lowest BCUT2D eigenvalue weighted by Gasteiger charge is -2.17. The molecule has 1 aromatic heterocycles. The average Bonchev–Trinajstić information content (AvgIpc) is 2.74. The van der Waals surface area contributed by atoms with Crippen molar-refractivity contribution in [2.75, 3.05) is 0 Å². The number of carboxylic acids is 1. The third kappa shape index (κ3) is 3.58. The van der Waals surface area contributed by atoms with Gasteiger partial charge in [-0.2, -0.15) is 0 Å². The number of hydrogen-bond acceptors (Lipinski definition) is 7. The van der Waals surface area contributed by atoms with E-state index in [1.165, 1.54) is 16.7 Å². The molecule has 2 aromatic rings. The molecule has 32 heavy (non-hydrogen) atoms. The Morgan fingerprint density at radius 2 is 1.91 bits per heavy atom. The number of carboxylic acid groups (broad SMARTS) is 1. The molecule has 164 valence electrons. The number of fused-ring (bicyclic) bond motifs is 2. The highest BCUT2D eigenvalue weighted by atomic mass is 32.1. The minimum atomic E-state index is -1.25. The summed E-state index contributed by atoms with van der Waals surface area (Å²) in [6, 6.07) is 6.69. The summed E-state index contributed by atoms with van der Waals surface area (Å²) < 4.78 is 4.26. The van der Waals surface area contributed by atoms with Gasteiger partial charge in [0.15, 0.2) is 5.82 Å². The van der Waals surface area contributed by atoms with Gasteiger partial charge in [-0.05, 0) is 24.5 Å². The summed E-state index contributed by atoms with van der Waals surface area (Å²) >= 11 is 0.977. The molecule has 2 heterocycles. The minimum absolute atomic E-state index is 0.0246. The van der Waals surface area contributed by atoms with Crippen molar-refractivity contribution < 1.29 is 15.0 Å². The van der Waals surface area contributed by atoms with Gasteiger partial charge in [-0.25, -0.2) is 9.78 Å². The number of aromatic amines is 1. The normalized spacial score (nSPS) is 11.5. The van der Waals surface area contributed by atoms with E-state index in [4.69, 9.17) is 0 Å². The van der Waals surface area contributed by atoms with Crippen LogP contribution >= 0.6 is 11.5 Å². The van der Waals surface area contributed by atoms with Gasteiger partial charge in [0.2, 0.25) is 10.9 Å². The number of aryl methyl sites for hydroxylation is 1. The molecule has 0 radical (unpaired) electrons. The molecule has 2 aliphatic rings. The van der Waals surface area contributed by atoms with Crippen LogP contribution in [-0.2, 0) is 6.54 Å². The van der Waals surface area contributed by atoms with E-state index in [1.54, 1.807) is 6.07 Å². The standard InChI is InChI=1S/C22H19N3O6S/c1-10(2)6-7-25-13-5-3-4-11(22(30)31)17(13)19(28)18(21(25)29)20-23-12-8-14(26)15(27)9-16(12)32-24-20/h3-5,8-10,28H,6-7H2,1-2H3,(H,23,24)(H,30,31). The first-order valence-electron chi connectivity index (χ1n) is 9.84.